The van der Waals surface area contributed by atoms with E-state index in [4.69, 9.17) is 16.0 Å². The van der Waals surface area contributed by atoms with Gasteiger partial charge in [0.05, 0.1) is 11.8 Å². The molecule has 0 bridgehead atoms. The highest BCUT2D eigenvalue weighted by Crippen LogP contribution is 2.31. The van der Waals surface area contributed by atoms with Crippen molar-refractivity contribution >= 4 is 22.9 Å². The largest absolute Gasteiger partial charge is 0.452 e. The van der Waals surface area contributed by atoms with E-state index in [2.05, 4.69) is 15.5 Å². The Kier molecular flexibility index (Phi) is 2.67. The Bertz CT molecular complexity index is 492. The number of nitrogens with one attached hydrogen (secondary N) is 1. The predicted molar refractivity (Wildman–Crippen MR) is 62.5 cm³/mol. The number of rotatable bonds is 4. The molecule has 0 unspecified atom stereocenters. The van der Waals surface area contributed by atoms with Gasteiger partial charge in [-0.3, -0.25) is 0 Å². The first-order chi connectivity index (χ1) is 7.83. The van der Waals surface area contributed by atoms with E-state index < -0.39 is 0 Å². The van der Waals surface area contributed by atoms with Crippen LogP contribution in [-0.2, 0) is 6.54 Å². The molecule has 16 heavy (non-hydrogen) atoms. The summed E-state index contributed by atoms with van der Waals surface area (Å²) in [5.74, 6) is 0. The molecule has 2 heterocycles. The van der Waals surface area contributed by atoms with Crippen LogP contribution in [0.25, 0.3) is 10.6 Å². The summed E-state index contributed by atoms with van der Waals surface area (Å²) in [6, 6.07) is 2.49. The zero-order chi connectivity index (χ0) is 11.0. The second-order valence-electron chi connectivity index (χ2n) is 3.76. The van der Waals surface area contributed by atoms with Gasteiger partial charge in [0.15, 0.2) is 5.01 Å². The average Bonchev–Trinajstić information content (AvgIpc) is 2.82. The summed E-state index contributed by atoms with van der Waals surface area (Å²) in [7, 11) is 0. The van der Waals surface area contributed by atoms with Crippen LogP contribution in [0.1, 0.15) is 17.8 Å². The Hall–Kier alpha value is -0.910. The maximum Gasteiger partial charge on any atom is 0.203 e. The van der Waals surface area contributed by atoms with Gasteiger partial charge in [-0.25, -0.2) is 0 Å². The van der Waals surface area contributed by atoms with Crippen molar-refractivity contribution in [3.05, 3.63) is 22.6 Å². The van der Waals surface area contributed by atoms with Gasteiger partial charge in [-0.1, -0.05) is 11.3 Å². The molecule has 1 saturated carbocycles. The van der Waals surface area contributed by atoms with Gasteiger partial charge >= 0.3 is 0 Å². The molecular formula is C10H10ClN3OS. The zero-order valence-corrected chi connectivity index (χ0v) is 10.0. The first-order valence-corrected chi connectivity index (χ1v) is 6.31. The van der Waals surface area contributed by atoms with Crippen LogP contribution in [0.4, 0.5) is 0 Å². The van der Waals surface area contributed by atoms with E-state index in [0.717, 1.165) is 22.1 Å². The number of nitrogens with zero attached hydrogens (tertiary/aromatic N) is 2. The third-order valence-electron chi connectivity index (χ3n) is 2.43. The van der Waals surface area contributed by atoms with Crippen LogP contribution >= 0.6 is 22.9 Å². The smallest absolute Gasteiger partial charge is 0.203 e. The maximum absolute atomic E-state index is 5.88. The molecule has 1 aliphatic rings. The number of halogens is 1. The van der Waals surface area contributed by atoms with Crippen molar-refractivity contribution in [3.8, 4) is 10.6 Å². The van der Waals surface area contributed by atoms with Crippen LogP contribution < -0.4 is 5.32 Å². The molecule has 1 fully saturated rings. The molecule has 1 aliphatic carbocycles. The second-order valence-corrected chi connectivity index (χ2v) is 5.17. The fraction of sp³-hybridized carbons (Fsp3) is 0.400. The lowest BCUT2D eigenvalue weighted by Gasteiger charge is -1.95. The van der Waals surface area contributed by atoms with Gasteiger partial charge in [0.25, 0.3) is 0 Å². The summed E-state index contributed by atoms with van der Waals surface area (Å²) in [4.78, 5) is 0. The normalized spacial score (nSPS) is 15.6. The number of aromatic nitrogens is 2. The van der Waals surface area contributed by atoms with Crippen LogP contribution in [0, 0.1) is 0 Å². The fourth-order valence-electron chi connectivity index (χ4n) is 1.40. The third kappa shape index (κ3) is 2.11. The van der Waals surface area contributed by atoms with E-state index in [1.54, 1.807) is 23.7 Å². The Morgan fingerprint density at radius 3 is 3.06 bits per heavy atom. The molecule has 0 radical (unpaired) electrons. The molecule has 4 nitrogen and oxygen atoms in total. The van der Waals surface area contributed by atoms with Crippen LogP contribution in [-0.4, -0.2) is 16.2 Å². The van der Waals surface area contributed by atoms with Gasteiger partial charge in [-0.15, -0.1) is 10.2 Å². The Morgan fingerprint density at radius 1 is 1.50 bits per heavy atom. The van der Waals surface area contributed by atoms with Crippen LogP contribution in [0.2, 0.25) is 5.22 Å². The summed E-state index contributed by atoms with van der Waals surface area (Å²) in [5, 5.41) is 13.8. The molecule has 3 rings (SSSR count). The Balaban J connectivity index is 1.74. The lowest BCUT2D eigenvalue weighted by Crippen LogP contribution is -2.14. The molecule has 0 aliphatic heterocycles. The van der Waals surface area contributed by atoms with Crippen LogP contribution in [0.5, 0.6) is 0 Å². The van der Waals surface area contributed by atoms with Crippen molar-refractivity contribution in [2.45, 2.75) is 25.4 Å². The molecule has 0 aromatic carbocycles. The van der Waals surface area contributed by atoms with E-state index in [1.807, 2.05) is 0 Å². The first-order valence-electron chi connectivity index (χ1n) is 5.12. The zero-order valence-electron chi connectivity index (χ0n) is 8.44. The van der Waals surface area contributed by atoms with E-state index in [0.29, 0.717) is 11.3 Å². The van der Waals surface area contributed by atoms with Crippen molar-refractivity contribution in [3.63, 3.8) is 0 Å². The topological polar surface area (TPSA) is 51.0 Å². The average molecular weight is 256 g/mol. The third-order valence-corrected chi connectivity index (χ3v) is 3.68. The maximum atomic E-state index is 5.88. The highest BCUT2D eigenvalue weighted by atomic mass is 35.5. The quantitative estimate of drug-likeness (QED) is 0.913. The first kappa shape index (κ1) is 10.3. The van der Waals surface area contributed by atoms with Crippen molar-refractivity contribution in [1.29, 1.82) is 0 Å². The number of hydrogen-bond acceptors (Lipinski definition) is 5. The summed E-state index contributed by atoms with van der Waals surface area (Å²) in [5.41, 5.74) is 0.817. The van der Waals surface area contributed by atoms with Gasteiger partial charge in [0, 0.05) is 12.6 Å². The van der Waals surface area contributed by atoms with Crippen LogP contribution in [0.15, 0.2) is 16.7 Å². The van der Waals surface area contributed by atoms with E-state index in [1.165, 1.54) is 12.8 Å². The lowest BCUT2D eigenvalue weighted by molar-refractivity contribution is 0.570. The predicted octanol–water partition coefficient (Wildman–Crippen LogP) is 2.70. The molecule has 2 aromatic heterocycles. The highest BCUT2D eigenvalue weighted by molar-refractivity contribution is 7.14. The van der Waals surface area contributed by atoms with Gasteiger partial charge in [0.1, 0.15) is 5.01 Å². The molecule has 0 spiro atoms. The molecule has 6 heteroatoms. The van der Waals surface area contributed by atoms with Gasteiger partial charge in [-0.05, 0) is 30.5 Å². The van der Waals surface area contributed by atoms with Crippen molar-refractivity contribution in [2.24, 2.45) is 0 Å². The molecule has 0 atom stereocenters. The minimum absolute atomic E-state index is 0.373. The van der Waals surface area contributed by atoms with Crippen LogP contribution in [0.3, 0.4) is 0 Å². The number of furan rings is 1. The van der Waals surface area contributed by atoms with E-state index >= 15 is 0 Å². The Morgan fingerprint density at radius 2 is 2.38 bits per heavy atom. The second kappa shape index (κ2) is 4.16. The SMILES string of the molecule is Clc1occc1-c1nnc(CNC2CC2)s1. The molecule has 2 aromatic rings. The molecule has 1 N–H and O–H groups in total. The summed E-state index contributed by atoms with van der Waals surface area (Å²) in [6.07, 6.45) is 4.11. The fourth-order valence-corrected chi connectivity index (χ4v) is 2.47. The highest BCUT2D eigenvalue weighted by Gasteiger charge is 2.21. The van der Waals surface area contributed by atoms with Crippen molar-refractivity contribution in [1.82, 2.24) is 15.5 Å². The molecular weight excluding hydrogens is 246 g/mol. The van der Waals surface area contributed by atoms with E-state index in [-0.39, 0.29) is 0 Å². The van der Waals surface area contributed by atoms with Gasteiger partial charge < -0.3 is 9.73 Å². The standard InChI is InChI=1S/C10H10ClN3OS/c11-9-7(3-4-15-9)10-14-13-8(16-10)5-12-6-1-2-6/h3-4,6,12H,1-2,5H2. The summed E-state index contributed by atoms with van der Waals surface area (Å²) < 4.78 is 5.03. The van der Waals surface area contributed by atoms with Crippen molar-refractivity contribution < 1.29 is 4.42 Å². The summed E-state index contributed by atoms with van der Waals surface area (Å²) >= 11 is 7.42. The van der Waals surface area contributed by atoms with E-state index in [9.17, 15) is 0 Å². The minimum Gasteiger partial charge on any atom is -0.452 e. The van der Waals surface area contributed by atoms with Gasteiger partial charge in [0.2, 0.25) is 5.22 Å². The van der Waals surface area contributed by atoms with Crippen molar-refractivity contribution in [2.75, 3.05) is 0 Å². The monoisotopic (exact) mass is 255 g/mol. The lowest BCUT2D eigenvalue weighted by atomic mass is 10.4. The minimum atomic E-state index is 0.373. The molecule has 84 valence electrons. The Labute approximate surface area is 102 Å². The number of hydrogen-bond donors (Lipinski definition) is 1. The summed E-state index contributed by atoms with van der Waals surface area (Å²) in [6.45, 7) is 0.789. The van der Waals surface area contributed by atoms with Gasteiger partial charge in [-0.2, -0.15) is 0 Å². The molecule has 0 amide bonds. The molecule has 0 saturated heterocycles.